The minimum absolute atomic E-state index is 0.223. The van der Waals surface area contributed by atoms with Crippen molar-refractivity contribution in [3.05, 3.63) is 29.8 Å². The molecule has 8 heteroatoms. The predicted molar refractivity (Wildman–Crippen MR) is 130 cm³/mol. The maximum atomic E-state index is 13.2. The summed E-state index contributed by atoms with van der Waals surface area (Å²) in [5, 5.41) is 9.46. The number of hydrogen-bond acceptors (Lipinski definition) is 3. The van der Waals surface area contributed by atoms with Gasteiger partial charge in [-0.15, -0.1) is 0 Å². The zero-order valence-electron chi connectivity index (χ0n) is 20.3. The molecule has 0 amide bonds. The molecule has 7 nitrogen and oxygen atoms in total. The minimum Gasteiger partial charge on any atom is -0.481 e. The van der Waals surface area contributed by atoms with Crippen molar-refractivity contribution in [3.63, 3.8) is 0 Å². The van der Waals surface area contributed by atoms with Gasteiger partial charge in [-0.05, 0) is 43.4 Å². The molecular formula is C24H42N3O4S+. The Hall–Kier alpha value is -1.64. The fourth-order valence-electron chi connectivity index (χ4n) is 4.84. The van der Waals surface area contributed by atoms with E-state index in [2.05, 4.69) is 11.6 Å². The Bertz CT molecular complexity index is 839. The van der Waals surface area contributed by atoms with Crippen LogP contribution in [0.5, 0.6) is 0 Å². The lowest BCUT2D eigenvalue weighted by Crippen LogP contribution is -2.65. The van der Waals surface area contributed by atoms with Crippen molar-refractivity contribution in [2.75, 3.05) is 38.5 Å². The molecule has 1 aliphatic heterocycles. The number of carboxylic acids is 1. The van der Waals surface area contributed by atoms with E-state index >= 15 is 0 Å². The van der Waals surface area contributed by atoms with Gasteiger partial charge >= 0.3 is 16.2 Å². The number of aryl methyl sites for hydroxylation is 1. The number of carboxylic acid groups (broad SMARTS) is 1. The van der Waals surface area contributed by atoms with Gasteiger partial charge < -0.3 is 9.59 Å². The molecule has 32 heavy (non-hydrogen) atoms. The molecule has 0 radical (unpaired) electrons. The molecule has 2 N–H and O–H groups in total. The van der Waals surface area contributed by atoms with E-state index in [1.165, 1.54) is 49.0 Å². The molecule has 1 atom stereocenters. The van der Waals surface area contributed by atoms with Gasteiger partial charge in [0.05, 0.1) is 44.8 Å². The number of nitrogens with one attached hydrogen (secondary N) is 1. The van der Waals surface area contributed by atoms with Crippen LogP contribution in [0.3, 0.4) is 0 Å². The van der Waals surface area contributed by atoms with Crippen molar-refractivity contribution in [3.8, 4) is 0 Å². The Labute approximate surface area is 194 Å². The molecule has 0 saturated carbocycles. The average Bonchev–Trinajstić information content (AvgIpc) is 2.68. The summed E-state index contributed by atoms with van der Waals surface area (Å²) < 4.78 is 31.0. The van der Waals surface area contributed by atoms with Gasteiger partial charge in [0.2, 0.25) is 0 Å². The Morgan fingerprint density at radius 1 is 1.12 bits per heavy atom. The van der Waals surface area contributed by atoms with E-state index in [9.17, 15) is 18.3 Å². The molecule has 0 spiro atoms. The van der Waals surface area contributed by atoms with E-state index < -0.39 is 21.7 Å². The van der Waals surface area contributed by atoms with Crippen molar-refractivity contribution in [2.24, 2.45) is 0 Å². The smallest absolute Gasteiger partial charge is 0.305 e. The number of aliphatic carboxylic acids is 1. The number of carbonyl (C=O) groups is 1. The van der Waals surface area contributed by atoms with Crippen LogP contribution < -0.4 is 9.03 Å². The van der Waals surface area contributed by atoms with Gasteiger partial charge in [0.25, 0.3) is 0 Å². The molecule has 1 unspecified atom stereocenters. The highest BCUT2D eigenvalue weighted by atomic mass is 32.2. The highest BCUT2D eigenvalue weighted by Gasteiger charge is 2.46. The first-order valence-electron chi connectivity index (χ1n) is 11.9. The number of piperidine rings is 1. The fourth-order valence-corrected chi connectivity index (χ4v) is 6.16. The van der Waals surface area contributed by atoms with E-state index in [0.717, 1.165) is 25.8 Å². The average molecular weight is 469 g/mol. The zero-order valence-corrected chi connectivity index (χ0v) is 21.1. The summed E-state index contributed by atoms with van der Waals surface area (Å²) in [5.41, 5.74) is 0.786. The summed E-state index contributed by atoms with van der Waals surface area (Å²) in [6, 6.07) is 7.63. The summed E-state index contributed by atoms with van der Waals surface area (Å²) in [6.45, 7) is 3.57. The van der Waals surface area contributed by atoms with Crippen LogP contribution in [0.2, 0.25) is 0 Å². The summed E-state index contributed by atoms with van der Waals surface area (Å²) in [4.78, 5) is 11.6. The van der Waals surface area contributed by atoms with Crippen LogP contribution >= 0.6 is 0 Å². The van der Waals surface area contributed by atoms with E-state index in [1.807, 2.05) is 38.4 Å². The van der Waals surface area contributed by atoms with Crippen LogP contribution in [0.15, 0.2) is 24.3 Å². The van der Waals surface area contributed by atoms with Gasteiger partial charge in [0.1, 0.15) is 0 Å². The van der Waals surface area contributed by atoms with E-state index in [-0.39, 0.29) is 6.42 Å². The second-order valence-electron chi connectivity index (χ2n) is 10.0. The Balaban J connectivity index is 2.03. The lowest BCUT2D eigenvalue weighted by molar-refractivity contribution is -0.899. The number of hydrogen-bond donors (Lipinski definition) is 2. The SMILES string of the molecule is CCCCCCCCc1ccc(N(C)S(=O)(=O)NC2(CC(=O)O)CCC[N+](C)(C)C2)cc1. The van der Waals surface area contributed by atoms with Crippen molar-refractivity contribution < 1.29 is 22.8 Å². The molecule has 2 rings (SSSR count). The van der Waals surface area contributed by atoms with Crippen molar-refractivity contribution >= 4 is 21.9 Å². The second kappa shape index (κ2) is 11.5. The zero-order chi connectivity index (χ0) is 23.8. The predicted octanol–water partition coefficient (Wildman–Crippen LogP) is 3.94. The largest absolute Gasteiger partial charge is 0.481 e. The quantitative estimate of drug-likeness (QED) is 0.339. The maximum Gasteiger partial charge on any atom is 0.305 e. The third-order valence-corrected chi connectivity index (χ3v) is 8.09. The number of anilines is 1. The van der Waals surface area contributed by atoms with E-state index in [0.29, 0.717) is 23.1 Å². The van der Waals surface area contributed by atoms with Gasteiger partial charge in [0, 0.05) is 7.05 Å². The number of likely N-dealkylation sites (tertiary alicyclic amines) is 1. The Morgan fingerprint density at radius 2 is 1.75 bits per heavy atom. The molecular weight excluding hydrogens is 426 g/mol. The lowest BCUT2D eigenvalue weighted by atomic mass is 9.86. The van der Waals surface area contributed by atoms with E-state index in [4.69, 9.17) is 0 Å². The number of nitrogens with zero attached hydrogens (tertiary/aromatic N) is 2. The number of likely N-dealkylation sites (N-methyl/N-ethyl adjacent to an activating group) is 1. The number of quaternary nitrogens is 1. The maximum absolute atomic E-state index is 13.2. The first-order valence-corrected chi connectivity index (χ1v) is 13.3. The normalized spacial score (nSPS) is 20.8. The number of unbranched alkanes of at least 4 members (excludes halogenated alkanes) is 5. The van der Waals surface area contributed by atoms with Crippen LogP contribution in [0.25, 0.3) is 0 Å². The molecule has 1 aromatic carbocycles. The molecule has 1 saturated heterocycles. The van der Waals surface area contributed by atoms with Crippen LogP contribution in [0.4, 0.5) is 5.69 Å². The molecule has 1 heterocycles. The molecule has 0 bridgehead atoms. The summed E-state index contributed by atoms with van der Waals surface area (Å²) >= 11 is 0. The minimum atomic E-state index is -3.90. The van der Waals surface area contributed by atoms with Gasteiger partial charge in [-0.3, -0.25) is 9.10 Å². The molecule has 1 aliphatic rings. The molecule has 182 valence electrons. The molecule has 0 aliphatic carbocycles. The van der Waals surface area contributed by atoms with Gasteiger partial charge in [-0.2, -0.15) is 13.1 Å². The van der Waals surface area contributed by atoms with Crippen LogP contribution in [-0.2, 0) is 21.4 Å². The first kappa shape index (κ1) is 26.6. The van der Waals surface area contributed by atoms with E-state index in [1.54, 1.807) is 0 Å². The second-order valence-corrected chi connectivity index (χ2v) is 11.7. The van der Waals surface area contributed by atoms with Crippen molar-refractivity contribution in [2.45, 2.75) is 76.7 Å². The summed E-state index contributed by atoms with van der Waals surface area (Å²) in [5.74, 6) is -0.990. The highest BCUT2D eigenvalue weighted by Crippen LogP contribution is 2.29. The standard InChI is InChI=1S/C24H41N3O4S/c1-5-6-7-8-9-10-12-21-13-15-22(16-14-21)26(2)32(30,31)25-24(19-23(28)29)17-11-18-27(3,4)20-24/h13-16,25H,5-12,17-20H2,1-4H3/p+1. The third-order valence-electron chi connectivity index (χ3n) is 6.46. The van der Waals surface area contributed by atoms with Gasteiger partial charge in [-0.25, -0.2) is 0 Å². The van der Waals surface area contributed by atoms with Crippen molar-refractivity contribution in [1.29, 1.82) is 0 Å². The number of rotatable bonds is 13. The topological polar surface area (TPSA) is 86.7 Å². The monoisotopic (exact) mass is 468 g/mol. The lowest BCUT2D eigenvalue weighted by Gasteiger charge is -2.45. The van der Waals surface area contributed by atoms with Gasteiger partial charge in [0.15, 0.2) is 0 Å². The highest BCUT2D eigenvalue weighted by molar-refractivity contribution is 7.90. The Kier molecular flexibility index (Phi) is 9.54. The van der Waals surface area contributed by atoms with Crippen LogP contribution in [0, 0.1) is 0 Å². The van der Waals surface area contributed by atoms with Crippen molar-refractivity contribution in [1.82, 2.24) is 4.72 Å². The molecule has 1 aromatic rings. The van der Waals surface area contributed by atoms with Gasteiger partial charge in [-0.1, -0.05) is 51.2 Å². The third kappa shape index (κ3) is 8.05. The van der Waals surface area contributed by atoms with Crippen LogP contribution in [-0.4, -0.2) is 63.7 Å². The van der Waals surface area contributed by atoms with Crippen LogP contribution in [0.1, 0.15) is 70.3 Å². The Morgan fingerprint density at radius 3 is 2.34 bits per heavy atom. The molecule has 1 fully saturated rings. The fraction of sp³-hybridized carbons (Fsp3) is 0.708. The molecule has 0 aromatic heterocycles. The summed E-state index contributed by atoms with van der Waals surface area (Å²) in [6.07, 6.45) is 9.55. The number of benzene rings is 1. The summed E-state index contributed by atoms with van der Waals surface area (Å²) in [7, 11) is 1.64. The first-order chi connectivity index (χ1) is 15.0.